The van der Waals surface area contributed by atoms with Gasteiger partial charge in [-0.2, -0.15) is 0 Å². The number of rotatable bonds is 3. The molecular weight excluding hydrogens is 394 g/mol. The summed E-state index contributed by atoms with van der Waals surface area (Å²) in [7, 11) is 0. The Kier molecular flexibility index (Phi) is 5.19. The van der Waals surface area contributed by atoms with E-state index in [0.29, 0.717) is 56.1 Å². The highest BCUT2D eigenvalue weighted by molar-refractivity contribution is 6.11. The van der Waals surface area contributed by atoms with Crippen LogP contribution < -0.4 is 4.90 Å². The number of hydrogen-bond acceptors (Lipinski definition) is 4. The van der Waals surface area contributed by atoms with Gasteiger partial charge in [0.25, 0.3) is 11.8 Å². The first-order valence-corrected chi connectivity index (χ1v) is 10.8. The number of ether oxygens (including phenoxy) is 1. The Hall–Kier alpha value is -3.19. The first-order chi connectivity index (χ1) is 15.1. The van der Waals surface area contributed by atoms with Crippen LogP contribution in [0.1, 0.15) is 39.1 Å². The Bertz CT molecular complexity index is 1030. The van der Waals surface area contributed by atoms with E-state index in [1.165, 1.54) is 0 Å². The molecule has 0 aliphatic carbocycles. The van der Waals surface area contributed by atoms with Crippen LogP contribution in [0, 0.1) is 0 Å². The lowest BCUT2D eigenvalue weighted by Crippen LogP contribution is -2.45. The molecule has 160 valence electrons. The second-order valence-electron chi connectivity index (χ2n) is 8.16. The zero-order valence-electron chi connectivity index (χ0n) is 17.3. The fourth-order valence-corrected chi connectivity index (χ4v) is 4.75. The van der Waals surface area contributed by atoms with E-state index in [1.807, 2.05) is 42.5 Å². The maximum absolute atomic E-state index is 13.5. The number of hydrogen-bond donors (Lipinski definition) is 0. The monoisotopic (exact) mass is 419 g/mol. The van der Waals surface area contributed by atoms with E-state index in [4.69, 9.17) is 4.74 Å². The molecule has 1 atom stereocenters. The summed E-state index contributed by atoms with van der Waals surface area (Å²) in [6, 6.07) is 14.3. The van der Waals surface area contributed by atoms with Gasteiger partial charge in [-0.05, 0) is 36.6 Å². The van der Waals surface area contributed by atoms with Crippen molar-refractivity contribution in [1.29, 1.82) is 0 Å². The van der Waals surface area contributed by atoms with Crippen LogP contribution in [0.5, 0.6) is 0 Å². The van der Waals surface area contributed by atoms with Gasteiger partial charge < -0.3 is 19.4 Å². The van der Waals surface area contributed by atoms with E-state index in [1.54, 1.807) is 20.8 Å². The predicted octanol–water partition coefficient (Wildman–Crippen LogP) is 2.31. The molecule has 3 aliphatic heterocycles. The predicted molar refractivity (Wildman–Crippen MR) is 115 cm³/mol. The minimum atomic E-state index is -0.443. The molecule has 0 bridgehead atoms. The van der Waals surface area contributed by atoms with Crippen molar-refractivity contribution >= 4 is 23.4 Å². The molecule has 0 N–H and O–H groups in total. The van der Waals surface area contributed by atoms with Crippen molar-refractivity contribution in [3.05, 3.63) is 65.2 Å². The summed E-state index contributed by atoms with van der Waals surface area (Å²) >= 11 is 0. The quantitative estimate of drug-likeness (QED) is 0.766. The van der Waals surface area contributed by atoms with Gasteiger partial charge in [0.2, 0.25) is 5.91 Å². The molecule has 2 aromatic carbocycles. The molecule has 7 heteroatoms. The smallest absolute Gasteiger partial charge is 0.256 e. The minimum absolute atomic E-state index is 0.0481. The van der Waals surface area contributed by atoms with Crippen LogP contribution >= 0.6 is 0 Å². The van der Waals surface area contributed by atoms with Crippen molar-refractivity contribution in [2.75, 3.05) is 37.7 Å². The van der Waals surface area contributed by atoms with Crippen LogP contribution in [0.25, 0.3) is 0 Å². The molecule has 3 heterocycles. The number of morpholine rings is 1. The molecule has 0 saturated carbocycles. The fraction of sp³-hybridized carbons (Fsp3) is 0.375. The number of carbonyl (C=O) groups excluding carboxylic acids is 3. The van der Waals surface area contributed by atoms with Crippen LogP contribution in [0.15, 0.2) is 48.5 Å². The molecule has 5 rings (SSSR count). The van der Waals surface area contributed by atoms with Gasteiger partial charge in [-0.25, -0.2) is 0 Å². The average Bonchev–Trinajstić information content (AvgIpc) is 3.29. The molecule has 7 nitrogen and oxygen atoms in total. The first kappa shape index (κ1) is 19.8. The molecule has 2 fully saturated rings. The number of carbonyl (C=O) groups is 3. The maximum Gasteiger partial charge on any atom is 0.256 e. The van der Waals surface area contributed by atoms with Crippen LogP contribution in [0.4, 0.5) is 5.69 Å². The van der Waals surface area contributed by atoms with Crippen LogP contribution in [0.2, 0.25) is 0 Å². The molecule has 3 aliphatic rings. The summed E-state index contributed by atoms with van der Waals surface area (Å²) in [5.74, 6) is -0.218. The number of nitrogens with zero attached hydrogens (tertiary/aromatic N) is 3. The molecule has 2 saturated heterocycles. The normalized spacial score (nSPS) is 21.0. The highest BCUT2D eigenvalue weighted by Crippen LogP contribution is 2.33. The number of benzene rings is 2. The zero-order chi connectivity index (χ0) is 21.4. The van der Waals surface area contributed by atoms with Gasteiger partial charge in [0.15, 0.2) is 0 Å². The summed E-state index contributed by atoms with van der Waals surface area (Å²) in [5.41, 5.74) is 2.52. The Morgan fingerprint density at radius 1 is 0.968 bits per heavy atom. The van der Waals surface area contributed by atoms with Gasteiger partial charge >= 0.3 is 0 Å². The van der Waals surface area contributed by atoms with Gasteiger partial charge in [0.1, 0.15) is 6.04 Å². The molecule has 31 heavy (non-hydrogen) atoms. The standard InChI is InChI=1S/C24H25N3O4/c28-22(25-12-14-31-15-13-25)18-7-2-1-6-17(18)16-27-20-9-4-3-8-19(20)23(29)26-11-5-10-21(26)24(27)30/h1-4,6-9,21H,5,10-16H2/t21-/m0/s1. The molecule has 0 spiro atoms. The Balaban J connectivity index is 1.52. The van der Waals surface area contributed by atoms with E-state index in [9.17, 15) is 14.4 Å². The minimum Gasteiger partial charge on any atom is -0.378 e. The van der Waals surface area contributed by atoms with E-state index in [-0.39, 0.29) is 24.3 Å². The lowest BCUT2D eigenvalue weighted by Gasteiger charge is -2.29. The molecule has 3 amide bonds. The Labute approximate surface area is 181 Å². The number of amides is 3. The van der Waals surface area contributed by atoms with Gasteiger partial charge in [0, 0.05) is 25.2 Å². The summed E-state index contributed by atoms with van der Waals surface area (Å²) in [6.07, 6.45) is 1.49. The Morgan fingerprint density at radius 3 is 2.55 bits per heavy atom. The van der Waals surface area contributed by atoms with Gasteiger partial charge in [0.05, 0.1) is 31.0 Å². The van der Waals surface area contributed by atoms with Crippen molar-refractivity contribution in [2.45, 2.75) is 25.4 Å². The van der Waals surface area contributed by atoms with E-state index in [0.717, 1.165) is 12.0 Å². The molecule has 0 radical (unpaired) electrons. The number of para-hydroxylation sites is 1. The Morgan fingerprint density at radius 2 is 1.71 bits per heavy atom. The van der Waals surface area contributed by atoms with Crippen molar-refractivity contribution in [3.8, 4) is 0 Å². The number of anilines is 1. The second kappa shape index (κ2) is 8.15. The molecular formula is C24H25N3O4. The summed E-state index contributed by atoms with van der Waals surface area (Å²) in [6.45, 7) is 3.04. The van der Waals surface area contributed by atoms with E-state index < -0.39 is 6.04 Å². The summed E-state index contributed by atoms with van der Waals surface area (Å²) in [5, 5.41) is 0. The summed E-state index contributed by atoms with van der Waals surface area (Å²) in [4.78, 5) is 45.0. The molecule has 0 unspecified atom stereocenters. The zero-order valence-corrected chi connectivity index (χ0v) is 17.3. The third kappa shape index (κ3) is 3.49. The number of fused-ring (bicyclic) bond motifs is 2. The van der Waals surface area contributed by atoms with E-state index >= 15 is 0 Å². The lowest BCUT2D eigenvalue weighted by molar-refractivity contribution is -0.122. The topological polar surface area (TPSA) is 70.2 Å². The van der Waals surface area contributed by atoms with Crippen LogP contribution in [-0.2, 0) is 16.1 Å². The third-order valence-electron chi connectivity index (χ3n) is 6.36. The van der Waals surface area contributed by atoms with Crippen molar-refractivity contribution in [3.63, 3.8) is 0 Å². The van der Waals surface area contributed by atoms with E-state index in [2.05, 4.69) is 0 Å². The molecule has 0 aromatic heterocycles. The summed E-state index contributed by atoms with van der Waals surface area (Å²) < 4.78 is 5.37. The first-order valence-electron chi connectivity index (χ1n) is 10.8. The SMILES string of the molecule is O=C(c1ccccc1CN1C(=O)[C@@H]2CCCN2C(=O)c2ccccc21)N1CCOCC1. The van der Waals surface area contributed by atoms with Crippen molar-refractivity contribution in [1.82, 2.24) is 9.80 Å². The molecule has 2 aromatic rings. The fourth-order valence-electron chi connectivity index (χ4n) is 4.75. The van der Waals surface area contributed by atoms with Crippen molar-refractivity contribution in [2.24, 2.45) is 0 Å². The van der Waals surface area contributed by atoms with Crippen LogP contribution in [0.3, 0.4) is 0 Å². The van der Waals surface area contributed by atoms with Gasteiger partial charge in [-0.15, -0.1) is 0 Å². The highest BCUT2D eigenvalue weighted by Gasteiger charge is 2.42. The van der Waals surface area contributed by atoms with Crippen LogP contribution in [-0.4, -0.2) is 66.4 Å². The largest absolute Gasteiger partial charge is 0.378 e. The maximum atomic E-state index is 13.5. The highest BCUT2D eigenvalue weighted by atomic mass is 16.5. The second-order valence-corrected chi connectivity index (χ2v) is 8.16. The van der Waals surface area contributed by atoms with Gasteiger partial charge in [-0.1, -0.05) is 30.3 Å². The third-order valence-corrected chi connectivity index (χ3v) is 6.36. The lowest BCUT2D eigenvalue weighted by atomic mass is 10.0. The average molecular weight is 419 g/mol. The van der Waals surface area contributed by atoms with Gasteiger partial charge in [-0.3, -0.25) is 14.4 Å². The van der Waals surface area contributed by atoms with Crippen molar-refractivity contribution < 1.29 is 19.1 Å².